The lowest BCUT2D eigenvalue weighted by molar-refractivity contribution is 0.455. The molecule has 7 heteroatoms. The third-order valence-corrected chi connectivity index (χ3v) is 5.36. The van der Waals surface area contributed by atoms with Crippen LogP contribution in [0.25, 0.3) is 0 Å². The molecule has 0 unspecified atom stereocenters. The van der Waals surface area contributed by atoms with Crippen LogP contribution in [0.1, 0.15) is 31.0 Å². The number of nitrogens with zero attached hydrogens (tertiary/aromatic N) is 2. The number of hydrogen-bond acceptors (Lipinski definition) is 4. The van der Waals surface area contributed by atoms with Crippen molar-refractivity contribution in [3.8, 4) is 0 Å². The van der Waals surface area contributed by atoms with Crippen molar-refractivity contribution in [3.63, 3.8) is 0 Å². The van der Waals surface area contributed by atoms with Gasteiger partial charge in [-0.2, -0.15) is 9.40 Å². The highest BCUT2D eigenvalue weighted by Crippen LogP contribution is 2.23. The largest absolute Gasteiger partial charge is 0.310 e. The molecular weight excluding hydrogens is 276 g/mol. The van der Waals surface area contributed by atoms with Gasteiger partial charge in [0, 0.05) is 36.9 Å². The van der Waals surface area contributed by atoms with Crippen molar-refractivity contribution in [1.29, 1.82) is 0 Å². The fraction of sp³-hybridized carbons (Fsp3) is 0.615. The van der Waals surface area contributed by atoms with E-state index in [-0.39, 0.29) is 5.03 Å². The van der Waals surface area contributed by atoms with Crippen molar-refractivity contribution in [2.75, 3.05) is 13.1 Å². The third kappa shape index (κ3) is 3.11. The first-order chi connectivity index (χ1) is 9.50. The van der Waals surface area contributed by atoms with Gasteiger partial charge in [0.15, 0.2) is 5.03 Å². The highest BCUT2D eigenvalue weighted by Gasteiger charge is 2.30. The second-order valence-corrected chi connectivity index (χ2v) is 6.89. The number of hydrogen-bond donors (Lipinski definition) is 2. The van der Waals surface area contributed by atoms with E-state index in [1.165, 1.54) is 4.31 Å². The molecule has 0 aromatic carbocycles. The van der Waals surface area contributed by atoms with Gasteiger partial charge in [-0.05, 0) is 19.8 Å². The van der Waals surface area contributed by atoms with Crippen LogP contribution in [-0.4, -0.2) is 42.1 Å². The zero-order valence-electron chi connectivity index (χ0n) is 12.0. The highest BCUT2D eigenvalue weighted by atomic mass is 32.2. The van der Waals surface area contributed by atoms with E-state index in [0.29, 0.717) is 25.7 Å². The molecule has 1 fully saturated rings. The molecule has 2 rings (SSSR count). The Balaban J connectivity index is 2.27. The van der Waals surface area contributed by atoms with Gasteiger partial charge in [-0.25, -0.2) is 8.42 Å². The second kappa shape index (κ2) is 6.07. The Morgan fingerprint density at radius 1 is 1.55 bits per heavy atom. The van der Waals surface area contributed by atoms with Crippen LogP contribution in [-0.2, 0) is 16.6 Å². The van der Waals surface area contributed by atoms with Crippen molar-refractivity contribution in [1.82, 2.24) is 19.8 Å². The summed E-state index contributed by atoms with van der Waals surface area (Å²) in [7, 11) is -3.57. The van der Waals surface area contributed by atoms with Crippen molar-refractivity contribution in [3.05, 3.63) is 23.9 Å². The summed E-state index contributed by atoms with van der Waals surface area (Å²) in [5.41, 5.74) is 1.53. The minimum absolute atomic E-state index is 0.131. The predicted octanol–water partition coefficient (Wildman–Crippen LogP) is 1.17. The van der Waals surface area contributed by atoms with Crippen LogP contribution in [0.15, 0.2) is 17.7 Å². The van der Waals surface area contributed by atoms with Crippen LogP contribution in [0, 0.1) is 6.92 Å². The zero-order valence-corrected chi connectivity index (χ0v) is 12.8. The maximum Gasteiger partial charge on any atom is 0.262 e. The molecule has 0 bridgehead atoms. The summed E-state index contributed by atoms with van der Waals surface area (Å²) >= 11 is 0. The van der Waals surface area contributed by atoms with Crippen LogP contribution in [0.3, 0.4) is 0 Å². The van der Waals surface area contributed by atoms with Gasteiger partial charge in [0.05, 0.1) is 0 Å². The number of rotatable bonds is 8. The molecule has 0 spiro atoms. The van der Waals surface area contributed by atoms with Gasteiger partial charge in [0.1, 0.15) is 0 Å². The lowest BCUT2D eigenvalue weighted by Crippen LogP contribution is -2.32. The van der Waals surface area contributed by atoms with Gasteiger partial charge in [-0.3, -0.25) is 5.10 Å². The van der Waals surface area contributed by atoms with Crippen LogP contribution >= 0.6 is 0 Å². The van der Waals surface area contributed by atoms with Crippen LogP contribution in [0.4, 0.5) is 0 Å². The lowest BCUT2D eigenvalue weighted by Gasteiger charge is -2.18. The van der Waals surface area contributed by atoms with E-state index in [1.54, 1.807) is 6.08 Å². The van der Waals surface area contributed by atoms with Gasteiger partial charge in [0.2, 0.25) is 0 Å². The van der Waals surface area contributed by atoms with E-state index in [2.05, 4.69) is 22.1 Å². The molecule has 1 aliphatic rings. The molecule has 1 aromatic rings. The molecule has 2 N–H and O–H groups in total. The van der Waals surface area contributed by atoms with E-state index >= 15 is 0 Å². The Hall–Kier alpha value is -1.18. The smallest absolute Gasteiger partial charge is 0.262 e. The maximum absolute atomic E-state index is 12.6. The van der Waals surface area contributed by atoms with Crippen molar-refractivity contribution in [2.45, 2.75) is 44.3 Å². The van der Waals surface area contributed by atoms with Gasteiger partial charge in [-0.1, -0.05) is 13.0 Å². The summed E-state index contributed by atoms with van der Waals surface area (Å²) in [6.07, 6.45) is 3.91. The number of sulfonamides is 1. The normalized spacial score (nSPS) is 15.8. The molecule has 0 saturated heterocycles. The van der Waals surface area contributed by atoms with Crippen molar-refractivity contribution < 1.29 is 8.42 Å². The molecule has 0 amide bonds. The second-order valence-electron chi connectivity index (χ2n) is 5.03. The number of aryl methyl sites for hydroxylation is 1. The molecule has 112 valence electrons. The third-order valence-electron chi connectivity index (χ3n) is 3.45. The minimum Gasteiger partial charge on any atom is -0.310 e. The maximum atomic E-state index is 12.6. The summed E-state index contributed by atoms with van der Waals surface area (Å²) in [5, 5.41) is 10.3. The Morgan fingerprint density at radius 2 is 2.25 bits per heavy atom. The van der Waals surface area contributed by atoms with Gasteiger partial charge < -0.3 is 5.32 Å². The molecule has 1 aromatic heterocycles. The standard InChI is InChI=1S/C13H22N4O2S/c1-4-8-17(5-2)20(18,19)13-12(10(3)15-16-13)9-14-11-6-7-11/h4,11,14H,1,5-9H2,2-3H3,(H,15,16). The van der Waals surface area contributed by atoms with E-state index in [9.17, 15) is 8.42 Å². The SMILES string of the molecule is C=CCN(CC)S(=O)(=O)c1n[nH]c(C)c1CNC1CC1. The first-order valence-corrected chi connectivity index (χ1v) is 8.33. The van der Waals surface area contributed by atoms with Crippen molar-refractivity contribution in [2.24, 2.45) is 0 Å². The van der Waals surface area contributed by atoms with E-state index < -0.39 is 10.0 Å². The number of aromatic nitrogens is 2. The number of aromatic amines is 1. The summed E-state index contributed by atoms with van der Waals surface area (Å²) in [4.78, 5) is 0. The summed E-state index contributed by atoms with van der Waals surface area (Å²) in [5.74, 6) is 0. The Kier molecular flexibility index (Phi) is 4.62. The number of nitrogens with one attached hydrogen (secondary N) is 2. The molecule has 20 heavy (non-hydrogen) atoms. The molecular formula is C13H22N4O2S. The first kappa shape index (κ1) is 15.2. The number of likely N-dealkylation sites (N-methyl/N-ethyl adjacent to an activating group) is 1. The fourth-order valence-electron chi connectivity index (χ4n) is 2.05. The van der Waals surface area contributed by atoms with Gasteiger partial charge in [0.25, 0.3) is 10.0 Å². The zero-order chi connectivity index (χ0) is 14.8. The van der Waals surface area contributed by atoms with Crippen LogP contribution in [0.5, 0.6) is 0 Å². The molecule has 1 heterocycles. The van der Waals surface area contributed by atoms with Crippen LogP contribution in [0.2, 0.25) is 0 Å². The predicted molar refractivity (Wildman–Crippen MR) is 77.8 cm³/mol. The van der Waals surface area contributed by atoms with E-state index in [1.807, 2.05) is 13.8 Å². The average Bonchev–Trinajstić information content (AvgIpc) is 3.16. The Bertz CT molecular complexity index is 575. The summed E-state index contributed by atoms with van der Waals surface area (Å²) in [6.45, 7) is 8.48. The fourth-order valence-corrected chi connectivity index (χ4v) is 3.63. The first-order valence-electron chi connectivity index (χ1n) is 6.89. The molecule has 1 aliphatic carbocycles. The van der Waals surface area contributed by atoms with Crippen molar-refractivity contribution >= 4 is 10.0 Å². The summed E-state index contributed by atoms with van der Waals surface area (Å²) in [6, 6.07) is 0.523. The minimum atomic E-state index is -3.57. The van der Waals surface area contributed by atoms with E-state index in [0.717, 1.165) is 24.1 Å². The lowest BCUT2D eigenvalue weighted by atomic mass is 10.2. The Morgan fingerprint density at radius 3 is 2.80 bits per heavy atom. The highest BCUT2D eigenvalue weighted by molar-refractivity contribution is 7.89. The molecule has 6 nitrogen and oxygen atoms in total. The van der Waals surface area contributed by atoms with Gasteiger partial charge >= 0.3 is 0 Å². The van der Waals surface area contributed by atoms with E-state index in [4.69, 9.17) is 0 Å². The summed E-state index contributed by atoms with van der Waals surface area (Å²) < 4.78 is 26.6. The average molecular weight is 298 g/mol. The van der Waals surface area contributed by atoms with Gasteiger partial charge in [-0.15, -0.1) is 6.58 Å². The Labute approximate surface area is 120 Å². The molecule has 0 aliphatic heterocycles. The number of H-pyrrole nitrogens is 1. The van der Waals surface area contributed by atoms with Crippen LogP contribution < -0.4 is 5.32 Å². The molecule has 0 radical (unpaired) electrons. The quantitative estimate of drug-likeness (QED) is 0.706. The topological polar surface area (TPSA) is 78.1 Å². The molecule has 0 atom stereocenters. The monoisotopic (exact) mass is 298 g/mol. The molecule has 1 saturated carbocycles.